The van der Waals surface area contributed by atoms with Crippen LogP contribution in [0.5, 0.6) is 0 Å². The third-order valence-electron chi connectivity index (χ3n) is 4.89. The molecule has 4 rings (SSSR count). The van der Waals surface area contributed by atoms with Crippen molar-refractivity contribution in [3.8, 4) is 11.1 Å². The Kier molecular flexibility index (Phi) is 5.41. The van der Waals surface area contributed by atoms with Crippen molar-refractivity contribution in [2.45, 2.75) is 25.3 Å². The van der Waals surface area contributed by atoms with Gasteiger partial charge in [-0.15, -0.1) is 0 Å². The summed E-state index contributed by atoms with van der Waals surface area (Å²) in [7, 11) is 0. The van der Waals surface area contributed by atoms with Crippen LogP contribution in [0.15, 0.2) is 59.4 Å². The van der Waals surface area contributed by atoms with Gasteiger partial charge in [-0.25, -0.2) is 15.0 Å². The Bertz CT molecular complexity index is 1190. The Morgan fingerprint density at radius 3 is 2.57 bits per heavy atom. The van der Waals surface area contributed by atoms with Crippen LogP contribution in [0.4, 0.5) is 10.2 Å². The van der Waals surface area contributed by atoms with E-state index in [-0.39, 0.29) is 0 Å². The second-order valence-electron chi connectivity index (χ2n) is 6.85. The number of thioether (sulfide) groups is 1. The molecule has 3 N–H and O–H groups in total. The lowest BCUT2D eigenvalue weighted by molar-refractivity contribution is 0.587. The largest absolute Gasteiger partial charge is 0.365 e. The summed E-state index contributed by atoms with van der Waals surface area (Å²) in [5.41, 5.74) is 4.79. The van der Waals surface area contributed by atoms with Crippen LogP contribution >= 0.6 is 11.8 Å². The molecule has 0 aliphatic carbocycles. The van der Waals surface area contributed by atoms with Gasteiger partial charge >= 0.3 is 0 Å². The highest BCUT2D eigenvalue weighted by molar-refractivity contribution is 8.15. The van der Waals surface area contributed by atoms with E-state index in [1.165, 1.54) is 24.3 Å². The SMILES string of the molecule is CC(=N)/C(C)=C1\C(=N)Sc2c(NCc3ccc(-c4cccnc4F)cc3)ncnc21. The van der Waals surface area contributed by atoms with Crippen molar-refractivity contribution < 1.29 is 4.39 Å². The van der Waals surface area contributed by atoms with Crippen molar-refractivity contribution in [3.05, 3.63) is 71.7 Å². The highest BCUT2D eigenvalue weighted by Crippen LogP contribution is 2.44. The van der Waals surface area contributed by atoms with Crippen LogP contribution in [-0.4, -0.2) is 25.7 Å². The molecule has 8 heteroatoms. The normalized spacial score (nSPS) is 14.4. The van der Waals surface area contributed by atoms with Gasteiger partial charge in [0.2, 0.25) is 5.95 Å². The van der Waals surface area contributed by atoms with Gasteiger partial charge in [0, 0.05) is 29.6 Å². The first-order valence-electron chi connectivity index (χ1n) is 9.28. The van der Waals surface area contributed by atoms with Crippen molar-refractivity contribution in [1.82, 2.24) is 15.0 Å². The van der Waals surface area contributed by atoms with Crippen molar-refractivity contribution >= 4 is 33.9 Å². The minimum atomic E-state index is -0.487. The third kappa shape index (κ3) is 3.73. The molecule has 0 spiro atoms. The number of nitrogens with one attached hydrogen (secondary N) is 3. The number of halogens is 1. The van der Waals surface area contributed by atoms with E-state index in [0.717, 1.165) is 21.6 Å². The van der Waals surface area contributed by atoms with Gasteiger partial charge in [0.15, 0.2) is 0 Å². The molecule has 150 valence electrons. The lowest BCUT2D eigenvalue weighted by Crippen LogP contribution is -2.05. The summed E-state index contributed by atoms with van der Waals surface area (Å²) in [5, 5.41) is 19.9. The summed E-state index contributed by atoms with van der Waals surface area (Å²) in [6, 6.07) is 11.0. The first-order chi connectivity index (χ1) is 14.5. The van der Waals surface area contributed by atoms with Gasteiger partial charge in [-0.1, -0.05) is 36.0 Å². The Morgan fingerprint density at radius 2 is 1.87 bits per heavy atom. The highest BCUT2D eigenvalue weighted by atomic mass is 32.2. The van der Waals surface area contributed by atoms with Gasteiger partial charge in [-0.05, 0) is 42.7 Å². The maximum atomic E-state index is 13.9. The van der Waals surface area contributed by atoms with E-state index in [1.54, 1.807) is 19.1 Å². The number of rotatable bonds is 5. The standard InChI is InChI=1S/C22H19FN6S/c1-12(13(2)24)17-18-19(30-21(17)25)22(29-11-28-18)27-10-14-5-7-15(8-6-14)16-4-3-9-26-20(16)23/h3-9,11,24-25H,10H2,1-2H3,(H,27,28,29)/b17-12-,24-13?,25-21?. The molecule has 0 saturated carbocycles. The molecule has 3 heterocycles. The van der Waals surface area contributed by atoms with E-state index >= 15 is 0 Å². The Labute approximate surface area is 177 Å². The van der Waals surface area contributed by atoms with Gasteiger partial charge in [-0.3, -0.25) is 5.41 Å². The Hall–Kier alpha value is -3.39. The number of fused-ring (bicyclic) bond motifs is 1. The molecule has 0 atom stereocenters. The number of aromatic nitrogens is 3. The average molecular weight is 419 g/mol. The molecule has 0 unspecified atom stereocenters. The molecule has 2 aromatic heterocycles. The van der Waals surface area contributed by atoms with Gasteiger partial charge in [0.05, 0.1) is 10.6 Å². The number of allylic oxidation sites excluding steroid dienone is 1. The molecular weight excluding hydrogens is 399 g/mol. The number of pyridine rings is 1. The van der Waals surface area contributed by atoms with Crippen LogP contribution < -0.4 is 5.32 Å². The van der Waals surface area contributed by atoms with Crippen LogP contribution in [0, 0.1) is 16.8 Å². The minimum Gasteiger partial charge on any atom is -0.365 e. The molecule has 0 fully saturated rings. The number of anilines is 1. The number of hydrogen-bond donors (Lipinski definition) is 3. The quantitative estimate of drug-likeness (QED) is 0.391. The van der Waals surface area contributed by atoms with Crippen LogP contribution in [0.2, 0.25) is 0 Å². The molecule has 0 radical (unpaired) electrons. The fourth-order valence-corrected chi connectivity index (χ4v) is 4.19. The Balaban J connectivity index is 1.55. The van der Waals surface area contributed by atoms with Gasteiger partial charge in [-0.2, -0.15) is 4.39 Å². The molecule has 1 aliphatic heterocycles. The number of hydrogen-bond acceptors (Lipinski definition) is 7. The van der Waals surface area contributed by atoms with Gasteiger partial charge < -0.3 is 10.7 Å². The molecule has 1 aliphatic rings. The highest BCUT2D eigenvalue weighted by Gasteiger charge is 2.29. The average Bonchev–Trinajstić information content (AvgIpc) is 3.08. The van der Waals surface area contributed by atoms with Crippen LogP contribution in [-0.2, 0) is 6.54 Å². The van der Waals surface area contributed by atoms with E-state index in [0.29, 0.717) is 39.9 Å². The lowest BCUT2D eigenvalue weighted by atomic mass is 10.0. The zero-order valence-electron chi connectivity index (χ0n) is 16.5. The summed E-state index contributed by atoms with van der Waals surface area (Å²) < 4.78 is 13.9. The third-order valence-corrected chi connectivity index (χ3v) is 5.89. The van der Waals surface area contributed by atoms with E-state index < -0.39 is 5.95 Å². The molecule has 30 heavy (non-hydrogen) atoms. The fraction of sp³-hybridized carbons (Fsp3) is 0.136. The summed E-state index contributed by atoms with van der Waals surface area (Å²) in [6.07, 6.45) is 2.90. The van der Waals surface area contributed by atoms with Crippen LogP contribution in [0.25, 0.3) is 16.7 Å². The monoisotopic (exact) mass is 418 g/mol. The summed E-state index contributed by atoms with van der Waals surface area (Å²) >= 11 is 1.30. The minimum absolute atomic E-state index is 0.375. The summed E-state index contributed by atoms with van der Waals surface area (Å²) in [6.45, 7) is 4.07. The van der Waals surface area contributed by atoms with E-state index in [1.807, 2.05) is 31.2 Å². The first-order valence-corrected chi connectivity index (χ1v) is 10.1. The number of benzene rings is 1. The van der Waals surface area contributed by atoms with Crippen molar-refractivity contribution in [2.75, 3.05) is 5.32 Å². The molecule has 6 nitrogen and oxygen atoms in total. The lowest BCUT2D eigenvalue weighted by Gasteiger charge is -2.10. The predicted octanol–water partition coefficient (Wildman–Crippen LogP) is 5.19. The topological polar surface area (TPSA) is 98.4 Å². The second kappa shape index (κ2) is 8.16. The van der Waals surface area contributed by atoms with Crippen LogP contribution in [0.3, 0.4) is 0 Å². The van der Waals surface area contributed by atoms with E-state index in [2.05, 4.69) is 20.3 Å². The zero-order chi connectivity index (χ0) is 21.3. The zero-order valence-corrected chi connectivity index (χ0v) is 17.3. The molecule has 0 saturated heterocycles. The van der Waals surface area contributed by atoms with E-state index in [9.17, 15) is 4.39 Å². The van der Waals surface area contributed by atoms with Crippen molar-refractivity contribution in [2.24, 2.45) is 0 Å². The molecular formula is C22H19FN6S. The maximum absolute atomic E-state index is 13.9. The predicted molar refractivity (Wildman–Crippen MR) is 119 cm³/mol. The smallest absolute Gasteiger partial charge is 0.220 e. The Morgan fingerprint density at radius 1 is 1.10 bits per heavy atom. The molecule has 0 bridgehead atoms. The molecule has 0 amide bonds. The second-order valence-corrected chi connectivity index (χ2v) is 7.87. The van der Waals surface area contributed by atoms with Crippen molar-refractivity contribution in [3.63, 3.8) is 0 Å². The molecule has 1 aromatic carbocycles. The van der Waals surface area contributed by atoms with E-state index in [4.69, 9.17) is 10.8 Å². The molecule has 3 aromatic rings. The van der Waals surface area contributed by atoms with Crippen molar-refractivity contribution in [1.29, 1.82) is 10.8 Å². The maximum Gasteiger partial charge on any atom is 0.220 e. The number of nitrogens with zero attached hydrogens (tertiary/aromatic N) is 3. The van der Waals surface area contributed by atoms with Crippen LogP contribution in [0.1, 0.15) is 25.1 Å². The summed E-state index contributed by atoms with van der Waals surface area (Å²) in [5.74, 6) is 0.168. The summed E-state index contributed by atoms with van der Waals surface area (Å²) in [4.78, 5) is 13.2. The fourth-order valence-electron chi connectivity index (χ4n) is 3.16. The first kappa shape index (κ1) is 19.9. The van der Waals surface area contributed by atoms with Gasteiger partial charge in [0.25, 0.3) is 0 Å². The van der Waals surface area contributed by atoms with Gasteiger partial charge in [0.1, 0.15) is 17.2 Å².